The van der Waals surface area contributed by atoms with E-state index in [9.17, 15) is 23.1 Å². The van der Waals surface area contributed by atoms with Crippen LogP contribution in [0.3, 0.4) is 0 Å². The van der Waals surface area contributed by atoms with Gasteiger partial charge in [0.2, 0.25) is 15.9 Å². The number of benzene rings is 1. The van der Waals surface area contributed by atoms with E-state index in [4.69, 9.17) is 4.74 Å². The van der Waals surface area contributed by atoms with Crippen molar-refractivity contribution in [3.63, 3.8) is 0 Å². The number of methoxy groups -OCH3 is 1. The average Bonchev–Trinajstić information content (AvgIpc) is 2.65. The number of aliphatic carboxylic acids is 1. The normalized spacial score (nSPS) is 19.0. The van der Waals surface area contributed by atoms with Crippen molar-refractivity contribution in [1.82, 2.24) is 9.62 Å². The number of nitrogens with one attached hydrogen (secondary N) is 1. The number of piperidine rings is 1. The molecular formula is C18H26N2O6S. The molecule has 9 heteroatoms. The number of amides is 1. The Morgan fingerprint density at radius 3 is 2.41 bits per heavy atom. The number of ether oxygens (including phenoxy) is 1. The molecule has 0 spiro atoms. The van der Waals surface area contributed by atoms with Gasteiger partial charge < -0.3 is 14.7 Å². The van der Waals surface area contributed by atoms with Crippen molar-refractivity contribution in [1.29, 1.82) is 0 Å². The number of sulfonamides is 1. The molecule has 1 amide bonds. The third-order valence-electron chi connectivity index (χ3n) is 4.67. The minimum atomic E-state index is -3.91. The van der Waals surface area contributed by atoms with Crippen molar-refractivity contribution in [2.24, 2.45) is 11.8 Å². The fourth-order valence-corrected chi connectivity index (χ4v) is 4.38. The van der Waals surface area contributed by atoms with E-state index in [1.165, 1.54) is 36.3 Å². The SMILES string of the molecule is COc1ccc(S(=O)(=O)N[C@H](C(=O)N2CCCC(C(=O)O)C2)C(C)C)cc1. The topological polar surface area (TPSA) is 113 Å². The summed E-state index contributed by atoms with van der Waals surface area (Å²) in [6, 6.07) is 4.91. The molecule has 2 rings (SSSR count). The second-order valence-electron chi connectivity index (χ2n) is 6.98. The lowest BCUT2D eigenvalue weighted by Gasteiger charge is -2.34. The minimum Gasteiger partial charge on any atom is -0.497 e. The smallest absolute Gasteiger partial charge is 0.308 e. The zero-order valence-electron chi connectivity index (χ0n) is 15.7. The highest BCUT2D eigenvalue weighted by atomic mass is 32.2. The number of carboxylic acids is 1. The fraction of sp³-hybridized carbons (Fsp3) is 0.556. The highest BCUT2D eigenvalue weighted by Crippen LogP contribution is 2.21. The summed E-state index contributed by atoms with van der Waals surface area (Å²) >= 11 is 0. The van der Waals surface area contributed by atoms with Crippen LogP contribution in [-0.4, -0.2) is 56.5 Å². The van der Waals surface area contributed by atoms with Gasteiger partial charge in [-0.1, -0.05) is 13.8 Å². The Balaban J connectivity index is 2.18. The van der Waals surface area contributed by atoms with Gasteiger partial charge in [-0.3, -0.25) is 9.59 Å². The monoisotopic (exact) mass is 398 g/mol. The molecule has 0 aliphatic carbocycles. The molecule has 1 aromatic rings. The van der Waals surface area contributed by atoms with Crippen molar-refractivity contribution < 1.29 is 27.9 Å². The summed E-state index contributed by atoms with van der Waals surface area (Å²) in [5.74, 6) is -1.72. The van der Waals surface area contributed by atoms with Crippen molar-refractivity contribution in [2.75, 3.05) is 20.2 Å². The largest absolute Gasteiger partial charge is 0.497 e. The first kappa shape index (κ1) is 21.2. The van der Waals surface area contributed by atoms with E-state index in [1.807, 2.05) is 0 Å². The van der Waals surface area contributed by atoms with E-state index < -0.39 is 33.9 Å². The van der Waals surface area contributed by atoms with E-state index in [0.717, 1.165) is 0 Å². The Hall–Kier alpha value is -2.13. The molecule has 150 valence electrons. The molecule has 1 unspecified atom stereocenters. The third kappa shape index (κ3) is 5.20. The van der Waals surface area contributed by atoms with Crippen molar-refractivity contribution in [2.45, 2.75) is 37.6 Å². The van der Waals surface area contributed by atoms with Gasteiger partial charge in [-0.15, -0.1) is 0 Å². The maximum Gasteiger partial charge on any atom is 0.308 e. The van der Waals surface area contributed by atoms with Gasteiger partial charge in [0, 0.05) is 13.1 Å². The molecule has 1 aliphatic heterocycles. The Labute approximate surface area is 159 Å². The maximum atomic E-state index is 12.9. The van der Waals surface area contributed by atoms with Gasteiger partial charge in [0.05, 0.1) is 17.9 Å². The summed E-state index contributed by atoms with van der Waals surface area (Å²) in [5.41, 5.74) is 0. The van der Waals surface area contributed by atoms with E-state index in [2.05, 4.69) is 4.72 Å². The molecule has 8 nitrogen and oxygen atoms in total. The van der Waals surface area contributed by atoms with Crippen LogP contribution < -0.4 is 9.46 Å². The van der Waals surface area contributed by atoms with Crippen LogP contribution in [0.4, 0.5) is 0 Å². The minimum absolute atomic E-state index is 0.0313. The number of carbonyl (C=O) groups excluding carboxylic acids is 1. The van der Waals surface area contributed by atoms with Gasteiger partial charge in [0.1, 0.15) is 11.8 Å². The quantitative estimate of drug-likeness (QED) is 0.716. The van der Waals surface area contributed by atoms with Gasteiger partial charge >= 0.3 is 5.97 Å². The molecule has 1 fully saturated rings. The summed E-state index contributed by atoms with van der Waals surface area (Å²) < 4.78 is 32.9. The number of hydrogen-bond donors (Lipinski definition) is 2. The second-order valence-corrected chi connectivity index (χ2v) is 8.69. The first-order valence-electron chi connectivity index (χ1n) is 8.83. The van der Waals surface area contributed by atoms with Gasteiger partial charge in [-0.05, 0) is 43.0 Å². The van der Waals surface area contributed by atoms with Crippen LogP contribution in [0, 0.1) is 11.8 Å². The van der Waals surface area contributed by atoms with Gasteiger partial charge in [0.15, 0.2) is 0 Å². The highest BCUT2D eigenvalue weighted by molar-refractivity contribution is 7.89. The zero-order valence-corrected chi connectivity index (χ0v) is 16.5. The Bertz CT molecular complexity index is 776. The summed E-state index contributed by atoms with van der Waals surface area (Å²) in [6.07, 6.45) is 1.10. The molecule has 1 heterocycles. The molecule has 1 aliphatic rings. The van der Waals surface area contributed by atoms with Crippen LogP contribution in [0.5, 0.6) is 5.75 Å². The van der Waals surface area contributed by atoms with Crippen LogP contribution in [-0.2, 0) is 19.6 Å². The number of rotatable bonds is 7. The number of likely N-dealkylation sites (tertiary alicyclic amines) is 1. The standard InChI is InChI=1S/C18H26N2O6S/c1-12(2)16(17(21)20-10-4-5-13(11-20)18(22)23)19-27(24,25)15-8-6-14(26-3)7-9-15/h6-9,12-13,16,19H,4-5,10-11H2,1-3H3,(H,22,23)/t13?,16-/m0/s1. The molecule has 0 saturated carbocycles. The molecule has 1 aromatic carbocycles. The van der Waals surface area contributed by atoms with Crippen LogP contribution in [0.25, 0.3) is 0 Å². The molecule has 0 aromatic heterocycles. The van der Waals surface area contributed by atoms with E-state index in [-0.39, 0.29) is 17.4 Å². The second kappa shape index (κ2) is 8.71. The number of hydrogen-bond acceptors (Lipinski definition) is 5. The molecule has 27 heavy (non-hydrogen) atoms. The average molecular weight is 398 g/mol. The van der Waals surface area contributed by atoms with Crippen LogP contribution in [0.1, 0.15) is 26.7 Å². The lowest BCUT2D eigenvalue weighted by atomic mass is 9.96. The molecule has 2 atom stereocenters. The first-order chi connectivity index (χ1) is 12.7. The Morgan fingerprint density at radius 2 is 1.89 bits per heavy atom. The summed E-state index contributed by atoms with van der Waals surface area (Å²) in [4.78, 5) is 25.6. The fourth-order valence-electron chi connectivity index (χ4n) is 3.04. The van der Waals surface area contributed by atoms with Crippen LogP contribution in [0.2, 0.25) is 0 Å². The number of carboxylic acid groups (broad SMARTS) is 1. The summed E-state index contributed by atoms with van der Waals surface area (Å²) in [6.45, 7) is 4.02. The maximum absolute atomic E-state index is 12.9. The zero-order chi connectivity index (χ0) is 20.2. The Kier molecular flexibility index (Phi) is 6.83. The molecular weight excluding hydrogens is 372 g/mol. The van der Waals surface area contributed by atoms with Crippen molar-refractivity contribution in [3.05, 3.63) is 24.3 Å². The van der Waals surface area contributed by atoms with E-state index >= 15 is 0 Å². The first-order valence-corrected chi connectivity index (χ1v) is 10.3. The number of carbonyl (C=O) groups is 2. The summed E-state index contributed by atoms with van der Waals surface area (Å²) in [7, 11) is -2.43. The van der Waals surface area contributed by atoms with Crippen LogP contribution in [0.15, 0.2) is 29.2 Å². The van der Waals surface area contributed by atoms with Crippen molar-refractivity contribution in [3.8, 4) is 5.75 Å². The highest BCUT2D eigenvalue weighted by Gasteiger charge is 2.35. The Morgan fingerprint density at radius 1 is 1.26 bits per heavy atom. The number of nitrogens with zero attached hydrogens (tertiary/aromatic N) is 1. The van der Waals surface area contributed by atoms with E-state index in [1.54, 1.807) is 13.8 Å². The predicted octanol–water partition coefficient (Wildman–Crippen LogP) is 1.32. The van der Waals surface area contributed by atoms with Crippen LogP contribution >= 0.6 is 0 Å². The van der Waals surface area contributed by atoms with Gasteiger partial charge in [0.25, 0.3) is 0 Å². The van der Waals surface area contributed by atoms with Crippen molar-refractivity contribution >= 4 is 21.9 Å². The molecule has 2 N–H and O–H groups in total. The molecule has 0 bridgehead atoms. The van der Waals surface area contributed by atoms with Gasteiger partial charge in [-0.2, -0.15) is 4.72 Å². The third-order valence-corrected chi connectivity index (χ3v) is 6.12. The lowest BCUT2D eigenvalue weighted by molar-refractivity contribution is -0.146. The van der Waals surface area contributed by atoms with E-state index in [0.29, 0.717) is 25.1 Å². The van der Waals surface area contributed by atoms with Gasteiger partial charge in [-0.25, -0.2) is 8.42 Å². The molecule has 0 radical (unpaired) electrons. The lowest BCUT2D eigenvalue weighted by Crippen LogP contribution is -2.54. The summed E-state index contributed by atoms with van der Waals surface area (Å²) in [5, 5.41) is 9.20. The molecule has 1 saturated heterocycles. The predicted molar refractivity (Wildman–Crippen MR) is 98.9 cm³/mol.